The van der Waals surface area contributed by atoms with Gasteiger partial charge in [-0.05, 0) is 12.1 Å². The minimum Gasteiger partial charge on any atom is -0.397 e. The third-order valence-corrected chi connectivity index (χ3v) is 2.61. The van der Waals surface area contributed by atoms with Crippen LogP contribution in [-0.2, 0) is 0 Å². The standard InChI is InChI=1S/C8H6Cl2N4/c9-7-5(11)1-2-6(8(7)10)14-12-3-4-13-14/h1-4H,11H2. The molecule has 0 fully saturated rings. The highest BCUT2D eigenvalue weighted by Gasteiger charge is 2.10. The van der Waals surface area contributed by atoms with Crippen LogP contribution in [0.15, 0.2) is 24.5 Å². The Hall–Kier alpha value is -1.26. The van der Waals surface area contributed by atoms with E-state index >= 15 is 0 Å². The van der Waals surface area contributed by atoms with Crippen molar-refractivity contribution in [2.45, 2.75) is 0 Å². The van der Waals surface area contributed by atoms with Crippen LogP contribution in [0.3, 0.4) is 0 Å². The first kappa shape index (κ1) is 9.30. The molecule has 0 unspecified atom stereocenters. The van der Waals surface area contributed by atoms with Crippen molar-refractivity contribution < 1.29 is 0 Å². The Morgan fingerprint density at radius 1 is 1.07 bits per heavy atom. The van der Waals surface area contributed by atoms with Crippen molar-refractivity contribution in [2.24, 2.45) is 0 Å². The van der Waals surface area contributed by atoms with E-state index in [-0.39, 0.29) is 0 Å². The molecule has 0 aliphatic rings. The number of halogens is 2. The van der Waals surface area contributed by atoms with Gasteiger partial charge in [0.2, 0.25) is 0 Å². The van der Waals surface area contributed by atoms with Crippen molar-refractivity contribution >= 4 is 28.9 Å². The van der Waals surface area contributed by atoms with Gasteiger partial charge in [-0.3, -0.25) is 0 Å². The van der Waals surface area contributed by atoms with E-state index in [0.29, 0.717) is 21.4 Å². The maximum Gasteiger partial charge on any atom is 0.106 e. The van der Waals surface area contributed by atoms with Gasteiger partial charge in [0.05, 0.1) is 28.1 Å². The average molecular weight is 229 g/mol. The van der Waals surface area contributed by atoms with Crippen molar-refractivity contribution in [1.29, 1.82) is 0 Å². The summed E-state index contributed by atoms with van der Waals surface area (Å²) in [6.45, 7) is 0. The van der Waals surface area contributed by atoms with E-state index in [1.54, 1.807) is 24.5 Å². The molecule has 2 rings (SSSR count). The Morgan fingerprint density at radius 3 is 2.36 bits per heavy atom. The molecule has 0 aliphatic carbocycles. The van der Waals surface area contributed by atoms with Crippen molar-refractivity contribution in [1.82, 2.24) is 15.0 Å². The Morgan fingerprint density at radius 2 is 1.71 bits per heavy atom. The van der Waals surface area contributed by atoms with Gasteiger partial charge in [0.15, 0.2) is 0 Å². The summed E-state index contributed by atoms with van der Waals surface area (Å²) < 4.78 is 0. The molecule has 4 nitrogen and oxygen atoms in total. The zero-order valence-corrected chi connectivity index (χ0v) is 8.50. The Balaban J connectivity index is 2.61. The smallest absolute Gasteiger partial charge is 0.106 e. The summed E-state index contributed by atoms with van der Waals surface area (Å²) in [5, 5.41) is 8.55. The minimum atomic E-state index is 0.321. The Kier molecular flexibility index (Phi) is 2.31. The molecule has 1 aromatic carbocycles. The molecule has 0 radical (unpaired) electrons. The molecule has 0 amide bonds. The number of nitrogen functional groups attached to an aromatic ring is 1. The molecule has 1 aromatic heterocycles. The zero-order valence-electron chi connectivity index (χ0n) is 6.98. The Bertz CT molecular complexity index is 453. The largest absolute Gasteiger partial charge is 0.397 e. The van der Waals surface area contributed by atoms with E-state index < -0.39 is 0 Å². The maximum atomic E-state index is 5.98. The fourth-order valence-electron chi connectivity index (χ4n) is 1.05. The van der Waals surface area contributed by atoms with Gasteiger partial charge in [0.1, 0.15) is 5.69 Å². The molecule has 2 N–H and O–H groups in total. The third-order valence-electron chi connectivity index (χ3n) is 1.73. The summed E-state index contributed by atoms with van der Waals surface area (Å²) in [6, 6.07) is 3.37. The van der Waals surface area contributed by atoms with Gasteiger partial charge in [-0.15, -0.1) is 0 Å². The number of benzene rings is 1. The van der Waals surface area contributed by atoms with Crippen molar-refractivity contribution in [3.8, 4) is 5.69 Å². The molecule has 0 bridgehead atoms. The molecular formula is C8H6Cl2N4. The van der Waals surface area contributed by atoms with Crippen molar-refractivity contribution in [3.05, 3.63) is 34.6 Å². The van der Waals surface area contributed by atoms with E-state index in [9.17, 15) is 0 Å². The van der Waals surface area contributed by atoms with Crippen molar-refractivity contribution in [2.75, 3.05) is 5.73 Å². The number of aromatic nitrogens is 3. The molecule has 0 atom stereocenters. The van der Waals surface area contributed by atoms with Crippen LogP contribution in [0.5, 0.6) is 0 Å². The van der Waals surface area contributed by atoms with Gasteiger partial charge in [0, 0.05) is 0 Å². The van der Waals surface area contributed by atoms with E-state index in [4.69, 9.17) is 28.9 Å². The van der Waals surface area contributed by atoms with Crippen LogP contribution in [0, 0.1) is 0 Å². The molecule has 0 aliphatic heterocycles. The fourth-order valence-corrected chi connectivity index (χ4v) is 1.46. The van der Waals surface area contributed by atoms with Crippen LogP contribution in [0.25, 0.3) is 5.69 Å². The lowest BCUT2D eigenvalue weighted by molar-refractivity contribution is 0.752. The second-order valence-electron chi connectivity index (χ2n) is 2.62. The lowest BCUT2D eigenvalue weighted by Gasteiger charge is -2.05. The number of nitrogens with two attached hydrogens (primary N) is 1. The highest BCUT2D eigenvalue weighted by Crippen LogP contribution is 2.32. The predicted octanol–water partition coefficient (Wildman–Crippen LogP) is 2.16. The molecule has 2 aromatic rings. The lowest BCUT2D eigenvalue weighted by Crippen LogP contribution is -2.00. The second-order valence-corrected chi connectivity index (χ2v) is 3.38. The predicted molar refractivity (Wildman–Crippen MR) is 55.8 cm³/mol. The molecule has 1 heterocycles. The van der Waals surface area contributed by atoms with Crippen LogP contribution in [-0.4, -0.2) is 15.0 Å². The normalized spacial score (nSPS) is 10.4. The van der Waals surface area contributed by atoms with Gasteiger partial charge in [-0.1, -0.05) is 23.2 Å². The van der Waals surface area contributed by atoms with Gasteiger partial charge in [0.25, 0.3) is 0 Å². The molecule has 0 saturated carbocycles. The van der Waals surface area contributed by atoms with E-state index in [2.05, 4.69) is 10.2 Å². The first-order chi connectivity index (χ1) is 6.70. The van der Waals surface area contributed by atoms with Gasteiger partial charge in [-0.25, -0.2) is 0 Å². The SMILES string of the molecule is Nc1ccc(-n2nccn2)c(Cl)c1Cl. The van der Waals surface area contributed by atoms with Crippen LogP contribution in [0.4, 0.5) is 5.69 Å². The van der Waals surface area contributed by atoms with Gasteiger partial charge in [-0.2, -0.15) is 15.0 Å². The summed E-state index contributed by atoms with van der Waals surface area (Å²) in [4.78, 5) is 1.38. The summed E-state index contributed by atoms with van der Waals surface area (Å²) in [5.41, 5.74) is 6.62. The molecule has 14 heavy (non-hydrogen) atoms. The van der Waals surface area contributed by atoms with Gasteiger partial charge < -0.3 is 5.73 Å². The minimum absolute atomic E-state index is 0.321. The second kappa shape index (κ2) is 3.48. The number of hydrogen-bond donors (Lipinski definition) is 1. The molecule has 6 heteroatoms. The highest BCUT2D eigenvalue weighted by atomic mass is 35.5. The Labute approximate surface area is 90.2 Å². The number of anilines is 1. The monoisotopic (exact) mass is 228 g/mol. The van der Waals surface area contributed by atoms with Crippen LogP contribution >= 0.6 is 23.2 Å². The quantitative estimate of drug-likeness (QED) is 0.762. The van der Waals surface area contributed by atoms with Crippen molar-refractivity contribution in [3.63, 3.8) is 0 Å². The van der Waals surface area contributed by atoms with E-state index in [0.717, 1.165) is 0 Å². The molecule has 0 saturated heterocycles. The zero-order chi connectivity index (χ0) is 10.1. The highest BCUT2D eigenvalue weighted by molar-refractivity contribution is 6.44. The van der Waals surface area contributed by atoms with Crippen LogP contribution in [0.2, 0.25) is 10.0 Å². The summed E-state index contributed by atoms with van der Waals surface area (Å²) in [5.74, 6) is 0. The fraction of sp³-hybridized carbons (Fsp3) is 0. The molecule has 72 valence electrons. The van der Waals surface area contributed by atoms with Crippen LogP contribution < -0.4 is 5.73 Å². The first-order valence-corrected chi connectivity index (χ1v) is 4.56. The average Bonchev–Trinajstić information content (AvgIpc) is 2.67. The summed E-state index contributed by atoms with van der Waals surface area (Å²) in [6.07, 6.45) is 3.11. The third kappa shape index (κ3) is 1.42. The van der Waals surface area contributed by atoms with E-state index in [1.807, 2.05) is 0 Å². The maximum absolute atomic E-state index is 5.98. The molecule has 0 spiro atoms. The topological polar surface area (TPSA) is 56.7 Å². The number of rotatable bonds is 1. The summed E-state index contributed by atoms with van der Waals surface area (Å²) in [7, 11) is 0. The number of nitrogens with zero attached hydrogens (tertiary/aromatic N) is 3. The molecular weight excluding hydrogens is 223 g/mol. The van der Waals surface area contributed by atoms with Crippen LogP contribution in [0.1, 0.15) is 0 Å². The van der Waals surface area contributed by atoms with E-state index in [1.165, 1.54) is 4.80 Å². The first-order valence-electron chi connectivity index (χ1n) is 3.80. The lowest BCUT2D eigenvalue weighted by atomic mass is 10.3. The summed E-state index contributed by atoms with van der Waals surface area (Å²) >= 11 is 11.9. The number of hydrogen-bond acceptors (Lipinski definition) is 3. The van der Waals surface area contributed by atoms with Gasteiger partial charge >= 0.3 is 0 Å².